The zero-order chi connectivity index (χ0) is 18.0. The van der Waals surface area contributed by atoms with Gasteiger partial charge in [-0.05, 0) is 24.3 Å². The number of aromatic amines is 1. The van der Waals surface area contributed by atoms with Gasteiger partial charge in [0.1, 0.15) is 12.0 Å². The SMILES string of the molecule is COC(=O)C(OC(=O)c1ncnc2[nH]ccc12)c1cc(Cl)cc(Cl)c1. The van der Waals surface area contributed by atoms with Crippen molar-refractivity contribution in [3.63, 3.8) is 0 Å². The van der Waals surface area contributed by atoms with Gasteiger partial charge in [-0.15, -0.1) is 0 Å². The fraction of sp³-hybridized carbons (Fsp3) is 0.125. The zero-order valence-corrected chi connectivity index (χ0v) is 14.3. The Morgan fingerprint density at radius 2 is 1.88 bits per heavy atom. The quantitative estimate of drug-likeness (QED) is 0.698. The number of halogens is 2. The van der Waals surface area contributed by atoms with E-state index in [0.717, 1.165) is 0 Å². The predicted molar refractivity (Wildman–Crippen MR) is 90.5 cm³/mol. The Bertz CT molecular complexity index is 937. The van der Waals surface area contributed by atoms with E-state index >= 15 is 0 Å². The van der Waals surface area contributed by atoms with Gasteiger partial charge in [0, 0.05) is 21.8 Å². The van der Waals surface area contributed by atoms with Gasteiger partial charge in [0.05, 0.1) is 12.5 Å². The highest BCUT2D eigenvalue weighted by Crippen LogP contribution is 2.28. The van der Waals surface area contributed by atoms with Gasteiger partial charge in [0.2, 0.25) is 6.10 Å². The maximum absolute atomic E-state index is 12.5. The van der Waals surface area contributed by atoms with Crippen LogP contribution in [0.15, 0.2) is 36.8 Å². The summed E-state index contributed by atoms with van der Waals surface area (Å²) in [5, 5.41) is 1.06. The molecule has 2 heterocycles. The van der Waals surface area contributed by atoms with E-state index in [2.05, 4.69) is 15.0 Å². The van der Waals surface area contributed by atoms with Crippen molar-refractivity contribution in [3.05, 3.63) is 58.1 Å². The molecule has 0 fully saturated rings. The van der Waals surface area contributed by atoms with Crippen molar-refractivity contribution in [2.75, 3.05) is 7.11 Å². The molecule has 1 N–H and O–H groups in total. The number of ether oxygens (including phenoxy) is 2. The molecule has 3 aromatic rings. The zero-order valence-electron chi connectivity index (χ0n) is 12.8. The largest absolute Gasteiger partial charge is 0.466 e. The molecule has 0 aliphatic carbocycles. The smallest absolute Gasteiger partial charge is 0.358 e. The lowest BCUT2D eigenvalue weighted by Gasteiger charge is -2.16. The molecule has 0 saturated carbocycles. The van der Waals surface area contributed by atoms with Crippen LogP contribution < -0.4 is 0 Å². The number of benzene rings is 1. The van der Waals surface area contributed by atoms with E-state index in [0.29, 0.717) is 21.1 Å². The maximum Gasteiger partial charge on any atom is 0.358 e. The number of rotatable bonds is 4. The Kier molecular flexibility index (Phi) is 4.87. The number of aromatic nitrogens is 3. The van der Waals surface area contributed by atoms with Gasteiger partial charge in [0.25, 0.3) is 0 Å². The lowest BCUT2D eigenvalue weighted by atomic mass is 10.1. The molecule has 128 valence electrons. The van der Waals surface area contributed by atoms with Gasteiger partial charge in [-0.3, -0.25) is 0 Å². The Hall–Kier alpha value is -2.64. The highest BCUT2D eigenvalue weighted by molar-refractivity contribution is 6.34. The van der Waals surface area contributed by atoms with Crippen LogP contribution in [0.1, 0.15) is 22.2 Å². The van der Waals surface area contributed by atoms with E-state index < -0.39 is 18.0 Å². The van der Waals surface area contributed by atoms with Gasteiger partial charge >= 0.3 is 11.9 Å². The molecule has 3 rings (SSSR count). The summed E-state index contributed by atoms with van der Waals surface area (Å²) in [4.78, 5) is 35.4. The Morgan fingerprint density at radius 1 is 1.16 bits per heavy atom. The van der Waals surface area contributed by atoms with E-state index in [-0.39, 0.29) is 11.3 Å². The summed E-state index contributed by atoms with van der Waals surface area (Å²) < 4.78 is 10.0. The molecule has 0 bridgehead atoms. The monoisotopic (exact) mass is 379 g/mol. The summed E-state index contributed by atoms with van der Waals surface area (Å²) in [7, 11) is 1.18. The summed E-state index contributed by atoms with van der Waals surface area (Å²) >= 11 is 11.9. The summed E-state index contributed by atoms with van der Waals surface area (Å²) in [5.74, 6) is -1.58. The average Bonchev–Trinajstić information content (AvgIpc) is 3.06. The first-order valence-corrected chi connectivity index (χ1v) is 7.78. The van der Waals surface area contributed by atoms with Gasteiger partial charge in [-0.1, -0.05) is 23.2 Å². The van der Waals surface area contributed by atoms with E-state index in [9.17, 15) is 9.59 Å². The van der Waals surface area contributed by atoms with Gasteiger partial charge in [-0.2, -0.15) is 0 Å². The van der Waals surface area contributed by atoms with E-state index in [1.54, 1.807) is 12.3 Å². The van der Waals surface area contributed by atoms with Crippen LogP contribution in [0.5, 0.6) is 0 Å². The summed E-state index contributed by atoms with van der Waals surface area (Å²) in [6, 6.07) is 6.06. The van der Waals surface area contributed by atoms with E-state index in [1.807, 2.05) is 0 Å². The number of H-pyrrole nitrogens is 1. The van der Waals surface area contributed by atoms with Crippen molar-refractivity contribution in [1.29, 1.82) is 0 Å². The second kappa shape index (κ2) is 7.08. The van der Waals surface area contributed by atoms with Crippen LogP contribution in [0.2, 0.25) is 10.0 Å². The predicted octanol–water partition coefficient (Wildman–Crippen LogP) is 3.34. The second-order valence-corrected chi connectivity index (χ2v) is 5.85. The third-order valence-electron chi connectivity index (χ3n) is 3.38. The lowest BCUT2D eigenvalue weighted by Crippen LogP contribution is -2.22. The van der Waals surface area contributed by atoms with Crippen LogP contribution in [0.4, 0.5) is 0 Å². The van der Waals surface area contributed by atoms with Crippen LogP contribution in [0.25, 0.3) is 11.0 Å². The molecular formula is C16H11Cl2N3O4. The number of carbonyl (C=O) groups is 2. The number of esters is 2. The normalized spacial score (nSPS) is 12.0. The molecule has 9 heteroatoms. The van der Waals surface area contributed by atoms with Crippen LogP contribution in [-0.4, -0.2) is 34.0 Å². The number of hydrogen-bond acceptors (Lipinski definition) is 6. The van der Waals surface area contributed by atoms with Gasteiger partial charge < -0.3 is 14.5 Å². The molecule has 0 aliphatic heterocycles. The maximum atomic E-state index is 12.5. The van der Waals surface area contributed by atoms with Crippen LogP contribution in [0, 0.1) is 0 Å². The highest BCUT2D eigenvalue weighted by atomic mass is 35.5. The minimum absolute atomic E-state index is 0.0216. The summed E-state index contributed by atoms with van der Waals surface area (Å²) in [5.41, 5.74) is 0.785. The number of fused-ring (bicyclic) bond motifs is 1. The van der Waals surface area contributed by atoms with Crippen LogP contribution in [-0.2, 0) is 14.3 Å². The van der Waals surface area contributed by atoms with Gasteiger partial charge in [-0.25, -0.2) is 19.6 Å². The Balaban J connectivity index is 1.96. The number of carbonyl (C=O) groups excluding carboxylic acids is 2. The van der Waals surface area contributed by atoms with Gasteiger partial charge in [0.15, 0.2) is 5.69 Å². The third-order valence-corrected chi connectivity index (χ3v) is 3.81. The molecule has 25 heavy (non-hydrogen) atoms. The number of methoxy groups -OCH3 is 1. The molecule has 0 spiro atoms. The lowest BCUT2D eigenvalue weighted by molar-refractivity contribution is -0.151. The van der Waals surface area contributed by atoms with E-state index in [1.165, 1.54) is 31.6 Å². The first-order chi connectivity index (χ1) is 12.0. The van der Waals surface area contributed by atoms with Crippen molar-refractivity contribution in [1.82, 2.24) is 15.0 Å². The molecule has 0 saturated heterocycles. The Morgan fingerprint density at radius 3 is 2.56 bits per heavy atom. The van der Waals surface area contributed by atoms with Crippen molar-refractivity contribution in [2.24, 2.45) is 0 Å². The fourth-order valence-corrected chi connectivity index (χ4v) is 2.83. The van der Waals surface area contributed by atoms with Crippen LogP contribution >= 0.6 is 23.2 Å². The molecule has 7 nitrogen and oxygen atoms in total. The minimum Gasteiger partial charge on any atom is -0.466 e. The molecule has 2 aromatic heterocycles. The topological polar surface area (TPSA) is 94.2 Å². The molecule has 1 aromatic carbocycles. The number of nitrogens with one attached hydrogen (secondary N) is 1. The summed E-state index contributed by atoms with van der Waals surface area (Å²) in [6.07, 6.45) is 1.50. The molecule has 1 atom stereocenters. The fourth-order valence-electron chi connectivity index (χ4n) is 2.28. The average molecular weight is 380 g/mol. The first kappa shape index (κ1) is 17.2. The molecule has 0 aliphatic rings. The molecule has 0 radical (unpaired) electrons. The standard InChI is InChI=1S/C16H11Cl2N3O4/c1-24-16(23)13(8-4-9(17)6-10(18)5-8)25-15(22)12-11-2-3-19-14(11)21-7-20-12/h2-7,13H,1H3,(H,19,20,21). The molecular weight excluding hydrogens is 369 g/mol. The van der Waals surface area contributed by atoms with Crippen molar-refractivity contribution < 1.29 is 19.1 Å². The van der Waals surface area contributed by atoms with Crippen LogP contribution in [0.3, 0.4) is 0 Å². The second-order valence-electron chi connectivity index (χ2n) is 4.97. The molecule has 0 amide bonds. The van der Waals surface area contributed by atoms with E-state index in [4.69, 9.17) is 32.7 Å². The third kappa shape index (κ3) is 3.57. The Labute approximate surface area is 151 Å². The summed E-state index contributed by atoms with van der Waals surface area (Å²) in [6.45, 7) is 0. The number of hydrogen-bond donors (Lipinski definition) is 1. The highest BCUT2D eigenvalue weighted by Gasteiger charge is 2.28. The molecule has 1 unspecified atom stereocenters. The van der Waals surface area contributed by atoms with Crippen molar-refractivity contribution >= 4 is 46.2 Å². The van der Waals surface area contributed by atoms with Crippen molar-refractivity contribution in [2.45, 2.75) is 6.10 Å². The van der Waals surface area contributed by atoms with Crippen molar-refractivity contribution in [3.8, 4) is 0 Å². The number of nitrogens with zero attached hydrogens (tertiary/aromatic N) is 2. The first-order valence-electron chi connectivity index (χ1n) is 7.02. The minimum atomic E-state index is -1.34.